The van der Waals surface area contributed by atoms with Crippen molar-refractivity contribution in [3.8, 4) is 11.5 Å². The van der Waals surface area contributed by atoms with Crippen LogP contribution in [0.4, 0.5) is 0 Å². The van der Waals surface area contributed by atoms with Crippen molar-refractivity contribution in [3.05, 3.63) is 34.8 Å². The van der Waals surface area contributed by atoms with E-state index >= 15 is 0 Å². The van der Waals surface area contributed by atoms with Gasteiger partial charge < -0.3 is 9.84 Å². The number of phenols is 1. The van der Waals surface area contributed by atoms with Crippen LogP contribution in [-0.4, -0.2) is 33.3 Å². The average molecular weight is 297 g/mol. The molecular weight excluding hydrogens is 288 g/mol. The van der Waals surface area contributed by atoms with Gasteiger partial charge in [0.2, 0.25) is 0 Å². The van der Waals surface area contributed by atoms with Crippen LogP contribution >= 0.6 is 15.9 Å². The first kappa shape index (κ1) is 11.6. The Morgan fingerprint density at radius 3 is 2.76 bits per heavy atom. The standard InChI is InChI=1S/C10H9BrN4O2/c1-17-10-7(2-8(11)3-9(10)16)4-14-15-5-12-13-6-15/h2-6,16H,1H3/b14-4-. The lowest BCUT2D eigenvalue weighted by Crippen LogP contribution is -1.93. The van der Waals surface area contributed by atoms with Gasteiger partial charge in [0.25, 0.3) is 0 Å². The molecule has 0 radical (unpaired) electrons. The summed E-state index contributed by atoms with van der Waals surface area (Å²) in [6.07, 6.45) is 4.47. The molecule has 88 valence electrons. The fraction of sp³-hybridized carbons (Fsp3) is 0.100. The average Bonchev–Trinajstić information content (AvgIpc) is 2.78. The van der Waals surface area contributed by atoms with Gasteiger partial charge in [0.1, 0.15) is 12.7 Å². The van der Waals surface area contributed by atoms with E-state index in [2.05, 4.69) is 31.2 Å². The number of phenolic OH excluding ortho intramolecular Hbond substituents is 1. The molecule has 6 nitrogen and oxygen atoms in total. The van der Waals surface area contributed by atoms with E-state index in [1.165, 1.54) is 24.4 Å². The van der Waals surface area contributed by atoms with Crippen molar-refractivity contribution < 1.29 is 9.84 Å². The van der Waals surface area contributed by atoms with E-state index in [0.29, 0.717) is 11.3 Å². The van der Waals surface area contributed by atoms with Crippen molar-refractivity contribution in [1.29, 1.82) is 0 Å². The summed E-state index contributed by atoms with van der Waals surface area (Å²) in [4.78, 5) is 0. The van der Waals surface area contributed by atoms with E-state index in [9.17, 15) is 5.11 Å². The Labute approximate surface area is 106 Å². The molecule has 0 saturated carbocycles. The molecule has 2 aromatic rings. The minimum atomic E-state index is 0.0482. The number of hydrogen-bond donors (Lipinski definition) is 1. The number of aromatic nitrogens is 3. The number of rotatable bonds is 3. The van der Waals surface area contributed by atoms with Crippen LogP contribution in [0.25, 0.3) is 0 Å². The van der Waals surface area contributed by atoms with Crippen molar-refractivity contribution in [1.82, 2.24) is 14.9 Å². The maximum Gasteiger partial charge on any atom is 0.169 e. The van der Waals surface area contributed by atoms with E-state index in [0.717, 1.165) is 4.47 Å². The molecule has 0 aliphatic heterocycles. The topological polar surface area (TPSA) is 72.5 Å². The summed E-state index contributed by atoms with van der Waals surface area (Å²) < 4.78 is 7.28. The lowest BCUT2D eigenvalue weighted by molar-refractivity contribution is 0.372. The van der Waals surface area contributed by atoms with E-state index in [4.69, 9.17) is 4.74 Å². The number of hydrogen-bond acceptors (Lipinski definition) is 5. The predicted molar refractivity (Wildman–Crippen MR) is 65.4 cm³/mol. The molecule has 0 spiro atoms. The van der Waals surface area contributed by atoms with Gasteiger partial charge in [-0.1, -0.05) is 15.9 Å². The van der Waals surface area contributed by atoms with Crippen LogP contribution in [0.15, 0.2) is 34.4 Å². The molecule has 17 heavy (non-hydrogen) atoms. The van der Waals surface area contributed by atoms with Gasteiger partial charge >= 0.3 is 0 Å². The number of nitrogens with zero attached hydrogens (tertiary/aromatic N) is 4. The number of halogens is 1. The van der Waals surface area contributed by atoms with E-state index in [1.54, 1.807) is 18.3 Å². The Morgan fingerprint density at radius 2 is 2.12 bits per heavy atom. The molecule has 0 bridgehead atoms. The van der Waals surface area contributed by atoms with Gasteiger partial charge in [-0.15, -0.1) is 10.2 Å². The molecule has 0 unspecified atom stereocenters. The lowest BCUT2D eigenvalue weighted by Gasteiger charge is -2.07. The molecule has 1 N–H and O–H groups in total. The molecule has 1 aromatic carbocycles. The van der Waals surface area contributed by atoms with Gasteiger partial charge in [-0.3, -0.25) is 0 Å². The van der Waals surface area contributed by atoms with Crippen molar-refractivity contribution in [3.63, 3.8) is 0 Å². The van der Waals surface area contributed by atoms with Crippen molar-refractivity contribution in [2.45, 2.75) is 0 Å². The number of benzene rings is 1. The molecule has 7 heteroatoms. The molecule has 0 saturated heterocycles. The molecule has 2 rings (SSSR count). The van der Waals surface area contributed by atoms with Crippen LogP contribution in [0.5, 0.6) is 11.5 Å². The third kappa shape index (κ3) is 2.62. The zero-order valence-electron chi connectivity index (χ0n) is 8.91. The second kappa shape index (κ2) is 4.96. The van der Waals surface area contributed by atoms with Gasteiger partial charge in [0, 0.05) is 10.0 Å². The number of methoxy groups -OCH3 is 1. The maximum atomic E-state index is 9.68. The fourth-order valence-electron chi connectivity index (χ4n) is 1.30. The number of aromatic hydroxyl groups is 1. The highest BCUT2D eigenvalue weighted by Gasteiger charge is 2.08. The van der Waals surface area contributed by atoms with Gasteiger partial charge in [-0.25, -0.2) is 4.68 Å². The first-order chi connectivity index (χ1) is 8.20. The lowest BCUT2D eigenvalue weighted by atomic mass is 10.2. The van der Waals surface area contributed by atoms with Crippen LogP contribution < -0.4 is 4.74 Å². The first-order valence-corrected chi connectivity index (χ1v) is 5.45. The Bertz CT molecular complexity index is 539. The van der Waals surface area contributed by atoms with Crippen LogP contribution in [0.2, 0.25) is 0 Å². The van der Waals surface area contributed by atoms with Gasteiger partial charge in [-0.05, 0) is 12.1 Å². The third-order valence-corrected chi connectivity index (χ3v) is 2.46. The Morgan fingerprint density at radius 1 is 1.41 bits per heavy atom. The molecule has 0 amide bonds. The smallest absolute Gasteiger partial charge is 0.169 e. The van der Waals surface area contributed by atoms with Crippen LogP contribution in [0.1, 0.15) is 5.56 Å². The van der Waals surface area contributed by atoms with E-state index in [-0.39, 0.29) is 5.75 Å². The minimum Gasteiger partial charge on any atom is -0.504 e. The second-order valence-electron chi connectivity index (χ2n) is 3.13. The molecule has 1 aromatic heterocycles. The zero-order valence-corrected chi connectivity index (χ0v) is 10.5. The summed E-state index contributed by atoms with van der Waals surface area (Å²) in [7, 11) is 1.49. The summed E-state index contributed by atoms with van der Waals surface area (Å²) in [5.74, 6) is 0.414. The molecule has 0 aliphatic rings. The second-order valence-corrected chi connectivity index (χ2v) is 4.05. The van der Waals surface area contributed by atoms with Crippen LogP contribution in [-0.2, 0) is 0 Å². The first-order valence-electron chi connectivity index (χ1n) is 4.66. The molecule has 0 aliphatic carbocycles. The monoisotopic (exact) mass is 296 g/mol. The normalized spacial score (nSPS) is 10.9. The molecule has 1 heterocycles. The van der Waals surface area contributed by atoms with E-state index in [1.807, 2.05) is 0 Å². The van der Waals surface area contributed by atoms with Crippen molar-refractivity contribution in [2.75, 3.05) is 7.11 Å². The van der Waals surface area contributed by atoms with Gasteiger partial charge in [0.15, 0.2) is 11.5 Å². The minimum absolute atomic E-state index is 0.0482. The SMILES string of the molecule is COc1c(O)cc(Br)cc1/C=N\n1cnnc1. The Hall–Kier alpha value is -1.89. The van der Waals surface area contributed by atoms with Crippen LogP contribution in [0.3, 0.4) is 0 Å². The zero-order chi connectivity index (χ0) is 12.3. The quantitative estimate of drug-likeness (QED) is 0.874. The van der Waals surface area contributed by atoms with Gasteiger partial charge in [-0.2, -0.15) is 5.10 Å². The highest BCUT2D eigenvalue weighted by atomic mass is 79.9. The fourth-order valence-corrected chi connectivity index (χ4v) is 1.77. The largest absolute Gasteiger partial charge is 0.504 e. The summed E-state index contributed by atoms with van der Waals surface area (Å²) in [6.45, 7) is 0. The summed E-state index contributed by atoms with van der Waals surface area (Å²) in [5.41, 5.74) is 0.646. The predicted octanol–water partition coefficient (Wildman–Crippen LogP) is 1.64. The molecule has 0 atom stereocenters. The van der Waals surface area contributed by atoms with Crippen molar-refractivity contribution >= 4 is 22.1 Å². The summed E-state index contributed by atoms with van der Waals surface area (Å²) in [6, 6.07) is 3.33. The van der Waals surface area contributed by atoms with Gasteiger partial charge in [0.05, 0.1) is 13.3 Å². The highest BCUT2D eigenvalue weighted by molar-refractivity contribution is 9.10. The Balaban J connectivity index is 2.38. The summed E-state index contributed by atoms with van der Waals surface area (Å²) >= 11 is 3.29. The third-order valence-electron chi connectivity index (χ3n) is 2.00. The summed E-state index contributed by atoms with van der Waals surface area (Å²) in [5, 5.41) is 21.0. The molecule has 0 fully saturated rings. The van der Waals surface area contributed by atoms with Crippen molar-refractivity contribution in [2.24, 2.45) is 5.10 Å². The van der Waals surface area contributed by atoms with E-state index < -0.39 is 0 Å². The Kier molecular flexibility index (Phi) is 3.38. The highest BCUT2D eigenvalue weighted by Crippen LogP contribution is 2.32. The molecular formula is C10H9BrN4O2. The van der Waals surface area contributed by atoms with Crippen LogP contribution in [0, 0.1) is 0 Å². The number of ether oxygens (including phenoxy) is 1. The maximum absolute atomic E-state index is 9.68.